The first-order chi connectivity index (χ1) is 10.2. The van der Waals surface area contributed by atoms with Gasteiger partial charge < -0.3 is 20.7 Å². The standard InChI is InChI=1S/C15H27N3O4/c1-9(2)12(17-14(21)22-5)13(20)18-15(6-7-15)8-11(19)16-10(3)4/h9-10,12H,6-8H2,1-5H3,(H,16,19)(H,17,21)(H,18,20)/t12-/m0/s1. The van der Waals surface area contributed by atoms with E-state index in [1.54, 1.807) is 0 Å². The third kappa shape index (κ3) is 5.54. The average Bonchev–Trinajstić information content (AvgIpc) is 3.12. The number of hydrogen-bond donors (Lipinski definition) is 3. The highest BCUT2D eigenvalue weighted by Gasteiger charge is 2.46. The van der Waals surface area contributed by atoms with E-state index in [0.29, 0.717) is 0 Å². The minimum absolute atomic E-state index is 0.0726. The van der Waals surface area contributed by atoms with Crippen molar-refractivity contribution in [3.8, 4) is 0 Å². The molecule has 7 nitrogen and oxygen atoms in total. The molecule has 1 saturated carbocycles. The molecule has 7 heteroatoms. The number of methoxy groups -OCH3 is 1. The highest BCUT2D eigenvalue weighted by Crippen LogP contribution is 2.38. The summed E-state index contributed by atoms with van der Waals surface area (Å²) < 4.78 is 4.54. The van der Waals surface area contributed by atoms with Gasteiger partial charge in [-0.25, -0.2) is 4.79 Å². The molecular weight excluding hydrogens is 286 g/mol. The summed E-state index contributed by atoms with van der Waals surface area (Å²) in [5.41, 5.74) is -0.471. The Morgan fingerprint density at radius 3 is 2.09 bits per heavy atom. The van der Waals surface area contributed by atoms with Crippen LogP contribution in [-0.2, 0) is 14.3 Å². The van der Waals surface area contributed by atoms with E-state index < -0.39 is 17.7 Å². The summed E-state index contributed by atoms with van der Waals surface area (Å²) in [6.45, 7) is 7.46. The van der Waals surface area contributed by atoms with E-state index in [0.717, 1.165) is 12.8 Å². The molecule has 1 atom stereocenters. The van der Waals surface area contributed by atoms with Gasteiger partial charge in [-0.1, -0.05) is 13.8 Å². The molecule has 0 saturated heterocycles. The summed E-state index contributed by atoms with van der Waals surface area (Å²) in [4.78, 5) is 35.6. The molecule has 0 spiro atoms. The van der Waals surface area contributed by atoms with Gasteiger partial charge in [0, 0.05) is 18.0 Å². The number of amides is 3. The summed E-state index contributed by atoms with van der Waals surface area (Å²) in [6, 6.07) is -0.610. The van der Waals surface area contributed by atoms with Crippen molar-refractivity contribution in [3.63, 3.8) is 0 Å². The van der Waals surface area contributed by atoms with Gasteiger partial charge >= 0.3 is 6.09 Å². The van der Waals surface area contributed by atoms with Crippen LogP contribution >= 0.6 is 0 Å². The monoisotopic (exact) mass is 313 g/mol. The molecule has 1 rings (SSSR count). The molecule has 0 bridgehead atoms. The van der Waals surface area contributed by atoms with Crippen molar-refractivity contribution in [2.45, 2.75) is 64.6 Å². The number of alkyl carbamates (subject to hydrolysis) is 1. The van der Waals surface area contributed by atoms with Gasteiger partial charge in [0.1, 0.15) is 6.04 Å². The fourth-order valence-electron chi connectivity index (χ4n) is 2.24. The van der Waals surface area contributed by atoms with Crippen LogP contribution in [0.3, 0.4) is 0 Å². The Balaban J connectivity index is 2.61. The lowest BCUT2D eigenvalue weighted by atomic mass is 10.0. The number of rotatable bonds is 7. The third-order valence-corrected chi connectivity index (χ3v) is 3.60. The van der Waals surface area contributed by atoms with E-state index in [-0.39, 0.29) is 30.2 Å². The molecule has 22 heavy (non-hydrogen) atoms. The van der Waals surface area contributed by atoms with Crippen LogP contribution in [0.2, 0.25) is 0 Å². The second-order valence-electron chi connectivity index (χ2n) is 6.53. The van der Waals surface area contributed by atoms with Crippen molar-refractivity contribution in [2.24, 2.45) is 5.92 Å². The highest BCUT2D eigenvalue weighted by atomic mass is 16.5. The molecule has 1 aliphatic carbocycles. The van der Waals surface area contributed by atoms with Crippen LogP contribution in [0.4, 0.5) is 4.79 Å². The molecule has 3 N–H and O–H groups in total. The second kappa shape index (κ2) is 7.47. The van der Waals surface area contributed by atoms with Crippen LogP contribution in [0, 0.1) is 5.92 Å². The Hall–Kier alpha value is -1.79. The Bertz CT molecular complexity index is 431. The van der Waals surface area contributed by atoms with Crippen LogP contribution in [0.5, 0.6) is 0 Å². The quantitative estimate of drug-likeness (QED) is 0.651. The van der Waals surface area contributed by atoms with E-state index in [1.807, 2.05) is 27.7 Å². The Kier molecular flexibility index (Phi) is 6.20. The molecule has 0 heterocycles. The van der Waals surface area contributed by atoms with Gasteiger partial charge in [-0.15, -0.1) is 0 Å². The molecule has 126 valence electrons. The van der Waals surface area contributed by atoms with Gasteiger partial charge in [-0.2, -0.15) is 0 Å². The number of carbonyl (C=O) groups excluding carboxylic acids is 3. The SMILES string of the molecule is COC(=O)N[C@H](C(=O)NC1(CC(=O)NC(C)C)CC1)C(C)C. The van der Waals surface area contributed by atoms with Crippen molar-refractivity contribution in [1.29, 1.82) is 0 Å². The Labute approximate surface area is 131 Å². The van der Waals surface area contributed by atoms with Crippen LogP contribution in [-0.4, -0.2) is 42.6 Å². The van der Waals surface area contributed by atoms with Crippen LogP contribution < -0.4 is 16.0 Å². The lowest BCUT2D eigenvalue weighted by molar-refractivity contribution is -0.126. The predicted molar refractivity (Wildman–Crippen MR) is 82.2 cm³/mol. The van der Waals surface area contributed by atoms with E-state index in [2.05, 4.69) is 20.7 Å². The molecule has 0 aromatic heterocycles. The lowest BCUT2D eigenvalue weighted by Gasteiger charge is -2.25. The van der Waals surface area contributed by atoms with E-state index in [9.17, 15) is 14.4 Å². The summed E-state index contributed by atoms with van der Waals surface area (Å²) >= 11 is 0. The first-order valence-corrected chi connectivity index (χ1v) is 7.65. The van der Waals surface area contributed by atoms with Crippen molar-refractivity contribution in [1.82, 2.24) is 16.0 Å². The van der Waals surface area contributed by atoms with Gasteiger partial charge in [0.05, 0.1) is 7.11 Å². The minimum atomic E-state index is -0.682. The molecule has 3 amide bonds. The summed E-state index contributed by atoms with van der Waals surface area (Å²) in [7, 11) is 1.25. The fourth-order valence-corrected chi connectivity index (χ4v) is 2.24. The molecular formula is C15H27N3O4. The van der Waals surface area contributed by atoms with Crippen molar-refractivity contribution < 1.29 is 19.1 Å². The normalized spacial score (nSPS) is 16.9. The number of nitrogens with one attached hydrogen (secondary N) is 3. The van der Waals surface area contributed by atoms with Gasteiger partial charge in [0.25, 0.3) is 0 Å². The molecule has 1 aliphatic rings. The van der Waals surface area contributed by atoms with Crippen molar-refractivity contribution >= 4 is 17.9 Å². The Morgan fingerprint density at radius 1 is 1.09 bits per heavy atom. The predicted octanol–water partition coefficient (Wildman–Crippen LogP) is 0.930. The zero-order valence-electron chi connectivity index (χ0n) is 14.0. The summed E-state index contributed by atoms with van der Waals surface area (Å²) in [5.74, 6) is -0.440. The number of carbonyl (C=O) groups is 3. The van der Waals surface area contributed by atoms with E-state index >= 15 is 0 Å². The fraction of sp³-hybridized carbons (Fsp3) is 0.800. The first kappa shape index (κ1) is 18.3. The molecule has 0 aromatic carbocycles. The smallest absolute Gasteiger partial charge is 0.407 e. The summed E-state index contributed by atoms with van der Waals surface area (Å²) in [5, 5.41) is 8.27. The van der Waals surface area contributed by atoms with Crippen LogP contribution in [0.15, 0.2) is 0 Å². The molecule has 0 unspecified atom stereocenters. The zero-order chi connectivity index (χ0) is 16.9. The molecule has 1 fully saturated rings. The zero-order valence-corrected chi connectivity index (χ0v) is 14.0. The van der Waals surface area contributed by atoms with Gasteiger partial charge in [-0.3, -0.25) is 9.59 Å². The van der Waals surface area contributed by atoms with Gasteiger partial charge in [-0.05, 0) is 32.6 Å². The van der Waals surface area contributed by atoms with Crippen LogP contribution in [0.25, 0.3) is 0 Å². The average molecular weight is 313 g/mol. The van der Waals surface area contributed by atoms with Crippen molar-refractivity contribution in [2.75, 3.05) is 7.11 Å². The maximum Gasteiger partial charge on any atom is 0.407 e. The lowest BCUT2D eigenvalue weighted by Crippen LogP contribution is -2.53. The number of ether oxygens (including phenoxy) is 1. The van der Waals surface area contributed by atoms with E-state index in [1.165, 1.54) is 7.11 Å². The largest absolute Gasteiger partial charge is 0.453 e. The topological polar surface area (TPSA) is 96.5 Å². The molecule has 0 aliphatic heterocycles. The molecule has 0 radical (unpaired) electrons. The minimum Gasteiger partial charge on any atom is -0.453 e. The maximum atomic E-state index is 12.4. The van der Waals surface area contributed by atoms with Crippen molar-refractivity contribution in [3.05, 3.63) is 0 Å². The first-order valence-electron chi connectivity index (χ1n) is 7.65. The molecule has 0 aromatic rings. The third-order valence-electron chi connectivity index (χ3n) is 3.60. The van der Waals surface area contributed by atoms with Gasteiger partial charge in [0.15, 0.2) is 0 Å². The van der Waals surface area contributed by atoms with Gasteiger partial charge in [0.2, 0.25) is 11.8 Å². The highest BCUT2D eigenvalue weighted by molar-refractivity contribution is 5.87. The Morgan fingerprint density at radius 2 is 1.68 bits per heavy atom. The maximum absolute atomic E-state index is 12.4. The van der Waals surface area contributed by atoms with E-state index in [4.69, 9.17) is 0 Å². The second-order valence-corrected chi connectivity index (χ2v) is 6.53. The number of hydrogen-bond acceptors (Lipinski definition) is 4. The van der Waals surface area contributed by atoms with Crippen LogP contribution in [0.1, 0.15) is 47.0 Å². The summed E-state index contributed by atoms with van der Waals surface area (Å²) in [6.07, 6.45) is 1.16.